The number of rotatable bonds is 6. The van der Waals surface area contributed by atoms with Gasteiger partial charge in [0.1, 0.15) is 5.60 Å². The maximum atomic E-state index is 14.0. The van der Waals surface area contributed by atoms with Crippen LogP contribution in [0.3, 0.4) is 0 Å². The van der Waals surface area contributed by atoms with E-state index in [-0.39, 0.29) is 18.5 Å². The van der Waals surface area contributed by atoms with Gasteiger partial charge in [0.05, 0.1) is 17.6 Å². The molecule has 7 heteroatoms. The third kappa shape index (κ3) is 2.99. The van der Waals surface area contributed by atoms with Gasteiger partial charge in [0.25, 0.3) is 5.91 Å². The second-order valence-corrected chi connectivity index (χ2v) is 6.46. The summed E-state index contributed by atoms with van der Waals surface area (Å²) in [6.07, 6.45) is 2.67. The summed E-state index contributed by atoms with van der Waals surface area (Å²) in [5, 5.41) is 16.1. The van der Waals surface area contributed by atoms with Gasteiger partial charge >= 0.3 is 5.92 Å². The molecule has 1 aliphatic carbocycles. The van der Waals surface area contributed by atoms with Crippen molar-refractivity contribution in [2.45, 2.75) is 64.5 Å². The molecule has 1 aromatic heterocycles. The Morgan fingerprint density at radius 1 is 1.55 bits per heavy atom. The van der Waals surface area contributed by atoms with Crippen molar-refractivity contribution >= 4 is 11.6 Å². The number of aliphatic hydroxyl groups is 1. The molecule has 0 spiro atoms. The van der Waals surface area contributed by atoms with E-state index in [9.17, 15) is 18.7 Å². The van der Waals surface area contributed by atoms with Crippen LogP contribution in [0.1, 0.15) is 45.2 Å². The summed E-state index contributed by atoms with van der Waals surface area (Å²) in [5.41, 5.74) is -1.32. The molecule has 0 aliphatic heterocycles. The number of hydrogen-bond donors (Lipinski definition) is 2. The summed E-state index contributed by atoms with van der Waals surface area (Å²) < 4.78 is 29.8. The minimum absolute atomic E-state index is 0.0555. The first-order valence-corrected chi connectivity index (χ1v) is 7.61. The molecule has 0 saturated heterocycles. The minimum atomic E-state index is -3.79. The number of halogens is 2. The molecule has 0 unspecified atom stereocenters. The molecule has 1 aromatic rings. The van der Waals surface area contributed by atoms with E-state index in [0.717, 1.165) is 6.42 Å². The fourth-order valence-electron chi connectivity index (χ4n) is 2.41. The molecular formula is C15H23F2N3O2. The number of alkyl halides is 2. The molecule has 1 saturated carbocycles. The third-order valence-electron chi connectivity index (χ3n) is 4.32. The molecule has 5 nitrogen and oxygen atoms in total. The Hall–Kier alpha value is -1.50. The highest BCUT2D eigenvalue weighted by Crippen LogP contribution is 2.44. The van der Waals surface area contributed by atoms with Gasteiger partial charge in [-0.1, -0.05) is 13.8 Å². The zero-order valence-corrected chi connectivity index (χ0v) is 13.2. The van der Waals surface area contributed by atoms with Gasteiger partial charge in [0, 0.05) is 6.54 Å². The molecule has 0 aromatic carbocycles. The van der Waals surface area contributed by atoms with Crippen molar-refractivity contribution in [2.75, 3.05) is 5.32 Å². The van der Waals surface area contributed by atoms with Gasteiger partial charge in [0.2, 0.25) is 0 Å². The Kier molecular flexibility index (Phi) is 4.56. The first kappa shape index (κ1) is 16.9. The van der Waals surface area contributed by atoms with E-state index in [1.165, 1.54) is 6.20 Å². The van der Waals surface area contributed by atoms with E-state index in [0.29, 0.717) is 24.6 Å². The summed E-state index contributed by atoms with van der Waals surface area (Å²) >= 11 is 0. The van der Waals surface area contributed by atoms with Gasteiger partial charge in [-0.15, -0.1) is 0 Å². The van der Waals surface area contributed by atoms with Crippen LogP contribution in [0, 0.1) is 12.8 Å². The number of carbonyl (C=O) groups is 1. The molecule has 2 N–H and O–H groups in total. The molecule has 1 heterocycles. The Morgan fingerprint density at radius 2 is 2.18 bits per heavy atom. The molecule has 22 heavy (non-hydrogen) atoms. The van der Waals surface area contributed by atoms with Crippen LogP contribution in [0.2, 0.25) is 0 Å². The summed E-state index contributed by atoms with van der Waals surface area (Å²) in [4.78, 5) is 11.8. The SMILES string of the molecule is Cc1c(NC(=O)C(F)(F)C2(O)CCC2)cnn1CCC(C)C. The second kappa shape index (κ2) is 5.95. The smallest absolute Gasteiger partial charge is 0.352 e. The van der Waals surface area contributed by atoms with Gasteiger partial charge in [-0.2, -0.15) is 13.9 Å². The molecule has 0 atom stereocenters. The average molecular weight is 315 g/mol. The number of aryl methyl sites for hydroxylation is 1. The first-order chi connectivity index (χ1) is 10.2. The number of amides is 1. The second-order valence-electron chi connectivity index (χ2n) is 6.46. The lowest BCUT2D eigenvalue weighted by molar-refractivity contribution is -0.212. The summed E-state index contributed by atoms with van der Waals surface area (Å²) in [6, 6.07) is 0. The lowest BCUT2D eigenvalue weighted by atomic mass is 9.75. The van der Waals surface area contributed by atoms with E-state index >= 15 is 0 Å². The number of aromatic nitrogens is 2. The fraction of sp³-hybridized carbons (Fsp3) is 0.733. The number of carbonyl (C=O) groups excluding carboxylic acids is 1. The van der Waals surface area contributed by atoms with Crippen LogP contribution < -0.4 is 5.32 Å². The number of anilines is 1. The molecule has 2 rings (SSSR count). The highest BCUT2D eigenvalue weighted by molar-refractivity contribution is 5.97. The molecule has 0 radical (unpaired) electrons. The average Bonchev–Trinajstić information content (AvgIpc) is 2.74. The lowest BCUT2D eigenvalue weighted by Gasteiger charge is -2.41. The summed E-state index contributed by atoms with van der Waals surface area (Å²) in [5.74, 6) is -4.77. The van der Waals surface area contributed by atoms with Crippen LogP contribution in [0.4, 0.5) is 14.5 Å². The maximum absolute atomic E-state index is 14.0. The van der Waals surface area contributed by atoms with Crippen LogP contribution in [0.5, 0.6) is 0 Å². The van der Waals surface area contributed by atoms with E-state index < -0.39 is 17.4 Å². The van der Waals surface area contributed by atoms with Crippen molar-refractivity contribution in [3.63, 3.8) is 0 Å². The predicted molar refractivity (Wildman–Crippen MR) is 78.8 cm³/mol. The predicted octanol–water partition coefficient (Wildman–Crippen LogP) is 2.73. The van der Waals surface area contributed by atoms with E-state index in [1.807, 2.05) is 0 Å². The van der Waals surface area contributed by atoms with Gasteiger partial charge in [-0.05, 0) is 38.5 Å². The van der Waals surface area contributed by atoms with E-state index in [4.69, 9.17) is 0 Å². The quantitative estimate of drug-likeness (QED) is 0.848. The van der Waals surface area contributed by atoms with Crippen molar-refractivity contribution < 1.29 is 18.7 Å². The van der Waals surface area contributed by atoms with Crippen molar-refractivity contribution in [1.82, 2.24) is 9.78 Å². The van der Waals surface area contributed by atoms with Crippen molar-refractivity contribution in [3.8, 4) is 0 Å². The largest absolute Gasteiger partial charge is 0.383 e. The van der Waals surface area contributed by atoms with Gasteiger partial charge in [-0.3, -0.25) is 9.48 Å². The first-order valence-electron chi connectivity index (χ1n) is 7.61. The standard InChI is InChI=1S/C15H23F2N3O2/c1-10(2)5-8-20-11(3)12(9-18-20)19-13(21)15(16,17)14(22)6-4-7-14/h9-10,22H,4-8H2,1-3H3,(H,19,21). The van der Waals surface area contributed by atoms with Gasteiger partial charge < -0.3 is 10.4 Å². The summed E-state index contributed by atoms with van der Waals surface area (Å²) in [6.45, 7) is 6.56. The van der Waals surface area contributed by atoms with Crippen LogP contribution in [0.25, 0.3) is 0 Å². The fourth-order valence-corrected chi connectivity index (χ4v) is 2.41. The van der Waals surface area contributed by atoms with Crippen LogP contribution in [0.15, 0.2) is 6.20 Å². The Balaban J connectivity index is 2.06. The molecule has 1 fully saturated rings. The van der Waals surface area contributed by atoms with Crippen LogP contribution >= 0.6 is 0 Å². The maximum Gasteiger partial charge on any atom is 0.352 e. The number of nitrogens with zero attached hydrogens (tertiary/aromatic N) is 2. The third-order valence-corrected chi connectivity index (χ3v) is 4.32. The lowest BCUT2D eigenvalue weighted by Crippen LogP contribution is -2.59. The normalized spacial score (nSPS) is 17.4. The molecule has 1 aliphatic rings. The Bertz CT molecular complexity index is 551. The highest BCUT2D eigenvalue weighted by atomic mass is 19.3. The van der Waals surface area contributed by atoms with Crippen molar-refractivity contribution in [2.24, 2.45) is 5.92 Å². The van der Waals surface area contributed by atoms with Crippen LogP contribution in [-0.2, 0) is 11.3 Å². The zero-order valence-electron chi connectivity index (χ0n) is 13.2. The number of hydrogen-bond acceptors (Lipinski definition) is 3. The molecule has 124 valence electrons. The minimum Gasteiger partial charge on any atom is -0.383 e. The van der Waals surface area contributed by atoms with Crippen molar-refractivity contribution in [3.05, 3.63) is 11.9 Å². The highest BCUT2D eigenvalue weighted by Gasteiger charge is 2.61. The van der Waals surface area contributed by atoms with Gasteiger partial charge in [-0.25, -0.2) is 0 Å². The van der Waals surface area contributed by atoms with Gasteiger partial charge in [0.15, 0.2) is 0 Å². The topological polar surface area (TPSA) is 67.2 Å². The zero-order chi connectivity index (χ0) is 16.5. The number of nitrogens with one attached hydrogen (secondary N) is 1. The molecule has 0 bridgehead atoms. The van der Waals surface area contributed by atoms with Crippen molar-refractivity contribution in [1.29, 1.82) is 0 Å². The molecular weight excluding hydrogens is 292 g/mol. The Labute approximate surface area is 128 Å². The molecule has 1 amide bonds. The summed E-state index contributed by atoms with van der Waals surface area (Å²) in [7, 11) is 0. The van der Waals surface area contributed by atoms with Crippen LogP contribution in [-0.4, -0.2) is 32.3 Å². The monoisotopic (exact) mass is 315 g/mol. The van der Waals surface area contributed by atoms with E-state index in [1.54, 1.807) is 11.6 Å². The Morgan fingerprint density at radius 3 is 2.68 bits per heavy atom. The van der Waals surface area contributed by atoms with E-state index in [2.05, 4.69) is 24.3 Å².